The van der Waals surface area contributed by atoms with Gasteiger partial charge in [0.05, 0.1) is 31.5 Å². The van der Waals surface area contributed by atoms with E-state index in [1.54, 1.807) is 19.2 Å². The highest BCUT2D eigenvalue weighted by molar-refractivity contribution is 8.00. The second-order valence-electron chi connectivity index (χ2n) is 10.8. The van der Waals surface area contributed by atoms with Crippen molar-refractivity contribution in [1.29, 1.82) is 0 Å². The quantitative estimate of drug-likeness (QED) is 0.146. The number of unbranched alkanes of at least 4 members (excludes halogenated alkanes) is 1. The summed E-state index contributed by atoms with van der Waals surface area (Å²) in [5, 5.41) is 17.5. The molecule has 0 saturated carbocycles. The summed E-state index contributed by atoms with van der Waals surface area (Å²) < 4.78 is 25.3. The van der Waals surface area contributed by atoms with Crippen LogP contribution in [-0.4, -0.2) is 65.4 Å². The molecule has 222 valence electrons. The number of hydrogen-bond acceptors (Lipinski definition) is 9. The minimum Gasteiger partial charge on any atom is -0.493 e. The van der Waals surface area contributed by atoms with E-state index in [0.29, 0.717) is 72.7 Å². The molecular weight excluding hydrogens is 557 g/mol. The number of nitrogens with zero attached hydrogens (tertiary/aromatic N) is 2. The van der Waals surface area contributed by atoms with Crippen LogP contribution in [0.5, 0.6) is 11.5 Å². The van der Waals surface area contributed by atoms with Crippen LogP contribution < -0.4 is 31.2 Å². The lowest BCUT2D eigenvalue weighted by atomic mass is 10.0. The second kappa shape index (κ2) is 12.5. The van der Waals surface area contributed by atoms with Gasteiger partial charge >= 0.3 is 0 Å². The molecule has 0 bridgehead atoms. The molecule has 10 nitrogen and oxygen atoms in total. The molecule has 6 rings (SSSR count). The van der Waals surface area contributed by atoms with E-state index in [1.165, 1.54) is 12.1 Å². The zero-order chi connectivity index (χ0) is 29.1. The Kier molecular flexibility index (Phi) is 8.41. The Bertz CT molecular complexity index is 1480. The van der Waals surface area contributed by atoms with Gasteiger partial charge in [0.2, 0.25) is 5.91 Å². The maximum atomic E-state index is 13.6. The van der Waals surface area contributed by atoms with E-state index in [2.05, 4.69) is 31.1 Å². The van der Waals surface area contributed by atoms with Crippen LogP contribution >= 0.6 is 11.8 Å². The predicted octanol–water partition coefficient (Wildman–Crippen LogP) is 4.09. The largest absolute Gasteiger partial charge is 0.493 e. The molecule has 0 radical (unpaired) electrons. The first-order chi connectivity index (χ1) is 20.5. The highest BCUT2D eigenvalue weighted by atomic mass is 32.2. The van der Waals surface area contributed by atoms with E-state index in [9.17, 15) is 9.18 Å². The number of thioether (sulfide) groups is 1. The van der Waals surface area contributed by atoms with Gasteiger partial charge in [-0.2, -0.15) is 16.9 Å². The van der Waals surface area contributed by atoms with Crippen molar-refractivity contribution in [2.75, 3.05) is 31.3 Å². The predicted molar refractivity (Wildman–Crippen MR) is 163 cm³/mol. The zero-order valence-corrected chi connectivity index (χ0v) is 24.4. The SMILES string of the molecule is COc1cc2c(cc1OCCCNC(=O)CCCCC1SCC3NC(N)=NC31)-c1[nH]nc(Nc3cccc(F)c3)c1C2. The normalized spacial score (nSPS) is 19.9. The summed E-state index contributed by atoms with van der Waals surface area (Å²) in [5.41, 5.74) is 10.5. The number of nitrogens with two attached hydrogens (primary N) is 1. The van der Waals surface area contributed by atoms with Crippen LogP contribution in [-0.2, 0) is 11.2 Å². The average Bonchev–Trinajstić information content (AvgIpc) is 3.72. The molecule has 6 N–H and O–H groups in total. The molecule has 2 aromatic carbocycles. The molecule has 3 aliphatic rings. The van der Waals surface area contributed by atoms with E-state index >= 15 is 0 Å². The van der Waals surface area contributed by atoms with Gasteiger partial charge in [-0.15, -0.1) is 0 Å². The molecule has 1 fully saturated rings. The zero-order valence-electron chi connectivity index (χ0n) is 23.5. The number of carbonyl (C=O) groups excluding carboxylic acids is 1. The number of aromatic nitrogens is 2. The first-order valence-corrected chi connectivity index (χ1v) is 15.5. The van der Waals surface area contributed by atoms with E-state index in [-0.39, 0.29) is 17.8 Å². The Morgan fingerprint density at radius 2 is 2.12 bits per heavy atom. The van der Waals surface area contributed by atoms with Crippen LogP contribution in [0.15, 0.2) is 41.4 Å². The number of aliphatic imine (C=N–C) groups is 1. The lowest BCUT2D eigenvalue weighted by molar-refractivity contribution is -0.121. The number of nitrogens with one attached hydrogen (secondary N) is 4. The summed E-state index contributed by atoms with van der Waals surface area (Å²) >= 11 is 1.95. The van der Waals surface area contributed by atoms with Crippen molar-refractivity contribution in [3.05, 3.63) is 53.3 Å². The first-order valence-electron chi connectivity index (χ1n) is 14.4. The van der Waals surface area contributed by atoms with Gasteiger partial charge in [-0.1, -0.05) is 12.5 Å². The molecular formula is C30H36FN7O3S. The number of aromatic amines is 1. The van der Waals surface area contributed by atoms with Crippen molar-refractivity contribution >= 4 is 35.1 Å². The lowest BCUT2D eigenvalue weighted by Crippen LogP contribution is -2.38. The summed E-state index contributed by atoms with van der Waals surface area (Å²) in [6.07, 6.45) is 4.80. The smallest absolute Gasteiger partial charge is 0.219 e. The number of carbonyl (C=O) groups is 1. The number of amides is 1. The van der Waals surface area contributed by atoms with Gasteiger partial charge in [-0.25, -0.2) is 9.38 Å². The number of H-pyrrole nitrogens is 1. The van der Waals surface area contributed by atoms with Crippen molar-refractivity contribution in [3.8, 4) is 22.8 Å². The number of rotatable bonds is 13. The standard InChI is InChI=1S/C30H36FN7O3S/c1-40-23-13-17-12-21-27(37-38-29(21)34-19-7-4-6-18(31)14-19)20(17)15-24(23)41-11-5-10-33-26(39)9-3-2-8-25-28-22(16-42-25)35-30(32)36-28/h4,6-7,13-15,22,25,28H,2-3,5,8-12,16H2,1H3,(H,33,39)(H3,32,35,36)(H2,34,37,38). The third-order valence-corrected chi connectivity index (χ3v) is 9.42. The van der Waals surface area contributed by atoms with Crippen LogP contribution in [0, 0.1) is 5.82 Å². The molecule has 12 heteroatoms. The summed E-state index contributed by atoms with van der Waals surface area (Å²) in [6.45, 7) is 0.991. The van der Waals surface area contributed by atoms with Crippen LogP contribution in [0.2, 0.25) is 0 Å². The second-order valence-corrected chi connectivity index (χ2v) is 12.1. The number of hydrogen-bond donors (Lipinski definition) is 5. The molecule has 1 aliphatic carbocycles. The molecule has 3 atom stereocenters. The van der Waals surface area contributed by atoms with Crippen molar-refractivity contribution < 1.29 is 18.7 Å². The third-order valence-electron chi connectivity index (χ3n) is 7.93. The van der Waals surface area contributed by atoms with E-state index in [1.807, 2.05) is 23.9 Å². The summed E-state index contributed by atoms with van der Waals surface area (Å²) in [7, 11) is 1.62. The minimum atomic E-state index is -0.308. The van der Waals surface area contributed by atoms with Gasteiger partial charge in [0.15, 0.2) is 23.3 Å². The molecule has 3 heterocycles. The van der Waals surface area contributed by atoms with E-state index in [0.717, 1.165) is 47.4 Å². The molecule has 1 saturated heterocycles. The Morgan fingerprint density at radius 3 is 2.98 bits per heavy atom. The van der Waals surface area contributed by atoms with Gasteiger partial charge < -0.3 is 31.2 Å². The van der Waals surface area contributed by atoms with Gasteiger partial charge in [0, 0.05) is 47.2 Å². The fraction of sp³-hybridized carbons (Fsp3) is 0.433. The maximum Gasteiger partial charge on any atom is 0.219 e. The molecule has 1 aromatic heterocycles. The Morgan fingerprint density at radius 1 is 1.21 bits per heavy atom. The van der Waals surface area contributed by atoms with Crippen LogP contribution in [0.3, 0.4) is 0 Å². The Labute approximate surface area is 248 Å². The monoisotopic (exact) mass is 593 g/mol. The van der Waals surface area contributed by atoms with Gasteiger partial charge in [0.1, 0.15) is 5.82 Å². The molecule has 2 aliphatic heterocycles. The van der Waals surface area contributed by atoms with Gasteiger partial charge in [0.25, 0.3) is 0 Å². The van der Waals surface area contributed by atoms with Crippen molar-refractivity contribution in [1.82, 2.24) is 20.8 Å². The van der Waals surface area contributed by atoms with E-state index in [4.69, 9.17) is 15.2 Å². The Balaban J connectivity index is 0.941. The summed E-state index contributed by atoms with van der Waals surface area (Å²) in [5.74, 6) is 3.33. The van der Waals surface area contributed by atoms with Gasteiger partial charge in [-0.3, -0.25) is 9.89 Å². The number of anilines is 2. The number of methoxy groups -OCH3 is 1. The number of benzene rings is 2. The number of halogens is 1. The lowest BCUT2D eigenvalue weighted by Gasteiger charge is -2.14. The average molecular weight is 594 g/mol. The summed E-state index contributed by atoms with van der Waals surface area (Å²) in [6, 6.07) is 10.9. The number of guanidine groups is 1. The first kappa shape index (κ1) is 28.2. The highest BCUT2D eigenvalue weighted by Gasteiger charge is 2.40. The molecule has 3 unspecified atom stereocenters. The number of fused-ring (bicyclic) bond motifs is 4. The fourth-order valence-corrected chi connectivity index (χ4v) is 7.35. The molecule has 3 aromatic rings. The molecule has 1 amide bonds. The van der Waals surface area contributed by atoms with Crippen molar-refractivity contribution in [3.63, 3.8) is 0 Å². The molecule has 42 heavy (non-hydrogen) atoms. The fourth-order valence-electron chi connectivity index (χ4n) is 5.84. The third kappa shape index (κ3) is 6.13. The van der Waals surface area contributed by atoms with Crippen LogP contribution in [0.25, 0.3) is 11.3 Å². The van der Waals surface area contributed by atoms with Crippen molar-refractivity contribution in [2.24, 2.45) is 10.7 Å². The van der Waals surface area contributed by atoms with Gasteiger partial charge in [-0.05, 0) is 55.2 Å². The number of ether oxygens (including phenoxy) is 2. The Hall–Kier alpha value is -3.93. The van der Waals surface area contributed by atoms with Crippen molar-refractivity contribution in [2.45, 2.75) is 55.9 Å². The minimum absolute atomic E-state index is 0.0706. The van der Waals surface area contributed by atoms with Crippen LogP contribution in [0.1, 0.15) is 43.2 Å². The topological polar surface area (TPSA) is 139 Å². The van der Waals surface area contributed by atoms with Crippen LogP contribution in [0.4, 0.5) is 15.9 Å². The summed E-state index contributed by atoms with van der Waals surface area (Å²) in [4.78, 5) is 16.8. The van der Waals surface area contributed by atoms with E-state index < -0.39 is 0 Å². The highest BCUT2D eigenvalue weighted by Crippen LogP contribution is 2.44. The maximum absolute atomic E-state index is 13.6. The molecule has 0 spiro atoms.